The van der Waals surface area contributed by atoms with Crippen molar-refractivity contribution in [3.8, 4) is 11.5 Å². The number of aromatic nitrogens is 2. The molecule has 0 spiro atoms. The lowest BCUT2D eigenvalue weighted by molar-refractivity contribution is -0.117. The first kappa shape index (κ1) is 18.9. The highest BCUT2D eigenvalue weighted by Gasteiger charge is 2.27. The van der Waals surface area contributed by atoms with Crippen molar-refractivity contribution >= 4 is 17.6 Å². The minimum absolute atomic E-state index is 0.0120. The standard InChI is InChI=1S/C22H21N3O4/c1-14-9-11-16(12-10-14)21-24-23-20(29-21)15(2)28-22(27)17-6-3-4-7-18(17)25-13-5-8-19(25)26/h3-4,6-7,9-12,15H,5,8,13H2,1-2H3/t15-/m0/s1. The van der Waals surface area contributed by atoms with Crippen molar-refractivity contribution in [1.82, 2.24) is 10.2 Å². The number of ether oxygens (including phenoxy) is 1. The van der Waals surface area contributed by atoms with Gasteiger partial charge in [-0.05, 0) is 44.5 Å². The van der Waals surface area contributed by atoms with Gasteiger partial charge in [-0.2, -0.15) is 0 Å². The Morgan fingerprint density at radius 3 is 2.62 bits per heavy atom. The van der Waals surface area contributed by atoms with E-state index < -0.39 is 12.1 Å². The molecule has 4 rings (SSSR count). The number of anilines is 1. The summed E-state index contributed by atoms with van der Waals surface area (Å²) in [6, 6.07) is 14.7. The highest BCUT2D eigenvalue weighted by atomic mass is 16.6. The first-order chi connectivity index (χ1) is 14.0. The number of benzene rings is 2. The number of hydrogen-bond acceptors (Lipinski definition) is 6. The zero-order valence-corrected chi connectivity index (χ0v) is 16.3. The summed E-state index contributed by atoms with van der Waals surface area (Å²) in [6.45, 7) is 4.27. The van der Waals surface area contributed by atoms with Crippen LogP contribution in [-0.2, 0) is 9.53 Å². The molecule has 3 aromatic rings. The van der Waals surface area contributed by atoms with Crippen LogP contribution in [0.1, 0.15) is 47.7 Å². The second kappa shape index (κ2) is 7.87. The predicted molar refractivity (Wildman–Crippen MR) is 106 cm³/mol. The van der Waals surface area contributed by atoms with Crippen LogP contribution in [0.15, 0.2) is 52.9 Å². The molecule has 7 nitrogen and oxygen atoms in total. The number of nitrogens with zero attached hydrogens (tertiary/aromatic N) is 3. The number of amides is 1. The van der Waals surface area contributed by atoms with E-state index in [1.165, 1.54) is 0 Å². The molecule has 1 aromatic heterocycles. The van der Waals surface area contributed by atoms with Gasteiger partial charge in [0.2, 0.25) is 11.8 Å². The average Bonchev–Trinajstić information content (AvgIpc) is 3.38. The van der Waals surface area contributed by atoms with Crippen molar-refractivity contribution in [2.45, 2.75) is 32.8 Å². The Morgan fingerprint density at radius 1 is 1.14 bits per heavy atom. The Balaban J connectivity index is 1.51. The number of aryl methyl sites for hydroxylation is 1. The van der Waals surface area contributed by atoms with Gasteiger partial charge in [0.25, 0.3) is 5.89 Å². The Hall–Kier alpha value is -3.48. The molecule has 2 heterocycles. The van der Waals surface area contributed by atoms with Crippen molar-refractivity contribution in [3.63, 3.8) is 0 Å². The molecule has 29 heavy (non-hydrogen) atoms. The van der Waals surface area contributed by atoms with Crippen LogP contribution in [0, 0.1) is 6.92 Å². The van der Waals surface area contributed by atoms with E-state index in [1.807, 2.05) is 31.2 Å². The van der Waals surface area contributed by atoms with Crippen molar-refractivity contribution in [2.24, 2.45) is 0 Å². The first-order valence-corrected chi connectivity index (χ1v) is 9.54. The fraction of sp³-hybridized carbons (Fsp3) is 0.273. The molecule has 1 atom stereocenters. The molecule has 0 saturated carbocycles. The Labute approximate surface area is 168 Å². The van der Waals surface area contributed by atoms with Gasteiger partial charge in [0, 0.05) is 18.5 Å². The lowest BCUT2D eigenvalue weighted by Crippen LogP contribution is -2.26. The van der Waals surface area contributed by atoms with Gasteiger partial charge < -0.3 is 14.1 Å². The summed E-state index contributed by atoms with van der Waals surface area (Å²) in [5.41, 5.74) is 2.84. The molecule has 1 aliphatic rings. The van der Waals surface area contributed by atoms with E-state index >= 15 is 0 Å². The second-order valence-corrected chi connectivity index (χ2v) is 7.03. The van der Waals surface area contributed by atoms with E-state index in [2.05, 4.69) is 10.2 Å². The molecule has 148 valence electrons. The van der Waals surface area contributed by atoms with Crippen molar-refractivity contribution in [3.05, 3.63) is 65.5 Å². The molecule has 1 fully saturated rings. The largest absolute Gasteiger partial charge is 0.449 e. The monoisotopic (exact) mass is 391 g/mol. The smallest absolute Gasteiger partial charge is 0.341 e. The number of para-hydroxylation sites is 1. The number of carbonyl (C=O) groups is 2. The average molecular weight is 391 g/mol. The van der Waals surface area contributed by atoms with Gasteiger partial charge in [0.05, 0.1) is 11.3 Å². The molecule has 0 unspecified atom stereocenters. The van der Waals surface area contributed by atoms with Gasteiger partial charge in [0.15, 0.2) is 6.10 Å². The normalized spacial score (nSPS) is 14.8. The van der Waals surface area contributed by atoms with Crippen molar-refractivity contribution in [2.75, 3.05) is 11.4 Å². The highest BCUT2D eigenvalue weighted by Crippen LogP contribution is 2.28. The third-order valence-corrected chi connectivity index (χ3v) is 4.86. The van der Waals surface area contributed by atoms with Gasteiger partial charge in [0.1, 0.15) is 0 Å². The maximum Gasteiger partial charge on any atom is 0.341 e. The van der Waals surface area contributed by atoms with Crippen LogP contribution in [0.4, 0.5) is 5.69 Å². The van der Waals surface area contributed by atoms with Gasteiger partial charge in [-0.25, -0.2) is 4.79 Å². The zero-order chi connectivity index (χ0) is 20.4. The second-order valence-electron chi connectivity index (χ2n) is 7.03. The Bertz CT molecular complexity index is 1040. The number of esters is 1. The van der Waals surface area contributed by atoms with Crippen molar-refractivity contribution in [1.29, 1.82) is 0 Å². The molecular weight excluding hydrogens is 370 g/mol. The lowest BCUT2D eigenvalue weighted by atomic mass is 10.1. The van der Waals surface area contributed by atoms with Gasteiger partial charge >= 0.3 is 5.97 Å². The summed E-state index contributed by atoms with van der Waals surface area (Å²) >= 11 is 0. The molecule has 0 aliphatic carbocycles. The number of carbonyl (C=O) groups excluding carboxylic acids is 2. The van der Waals surface area contributed by atoms with E-state index in [9.17, 15) is 9.59 Å². The van der Waals surface area contributed by atoms with Crippen LogP contribution in [0.5, 0.6) is 0 Å². The maximum absolute atomic E-state index is 12.8. The van der Waals surface area contributed by atoms with Crippen LogP contribution < -0.4 is 4.90 Å². The lowest BCUT2D eigenvalue weighted by Gasteiger charge is -2.19. The molecule has 1 amide bonds. The van der Waals surface area contributed by atoms with Gasteiger partial charge in [-0.15, -0.1) is 10.2 Å². The summed E-state index contributed by atoms with van der Waals surface area (Å²) in [5, 5.41) is 8.06. The molecule has 7 heteroatoms. The molecule has 1 saturated heterocycles. The summed E-state index contributed by atoms with van der Waals surface area (Å²) in [5.74, 6) is 0.0513. The van der Waals surface area contributed by atoms with Crippen LogP contribution in [0.3, 0.4) is 0 Å². The quantitative estimate of drug-likeness (QED) is 0.609. The summed E-state index contributed by atoms with van der Waals surface area (Å²) in [4.78, 5) is 26.5. The Morgan fingerprint density at radius 2 is 1.90 bits per heavy atom. The van der Waals surface area contributed by atoms with Gasteiger partial charge in [-0.1, -0.05) is 29.8 Å². The van der Waals surface area contributed by atoms with Crippen LogP contribution >= 0.6 is 0 Å². The maximum atomic E-state index is 12.8. The summed E-state index contributed by atoms with van der Waals surface area (Å²) in [7, 11) is 0. The highest BCUT2D eigenvalue weighted by molar-refractivity contribution is 6.03. The number of hydrogen-bond donors (Lipinski definition) is 0. The minimum atomic E-state index is -0.725. The predicted octanol–water partition coefficient (Wildman–Crippen LogP) is 4.09. The fourth-order valence-electron chi connectivity index (χ4n) is 3.27. The molecule has 0 radical (unpaired) electrons. The molecule has 2 aromatic carbocycles. The third-order valence-electron chi connectivity index (χ3n) is 4.86. The topological polar surface area (TPSA) is 85.5 Å². The van der Waals surface area contributed by atoms with Crippen LogP contribution in [0.25, 0.3) is 11.5 Å². The van der Waals surface area contributed by atoms with Gasteiger partial charge in [-0.3, -0.25) is 4.79 Å². The summed E-state index contributed by atoms with van der Waals surface area (Å²) < 4.78 is 11.2. The fourth-order valence-corrected chi connectivity index (χ4v) is 3.27. The van der Waals surface area contributed by atoms with Crippen LogP contribution in [0.2, 0.25) is 0 Å². The SMILES string of the molecule is Cc1ccc(-c2nnc([C@H](C)OC(=O)c3ccccc3N3CCCC3=O)o2)cc1. The minimum Gasteiger partial charge on any atom is -0.449 e. The third kappa shape index (κ3) is 3.89. The van der Waals surface area contributed by atoms with E-state index in [0.29, 0.717) is 30.1 Å². The molecule has 1 aliphatic heterocycles. The molecule has 0 bridgehead atoms. The zero-order valence-electron chi connectivity index (χ0n) is 16.3. The van der Waals surface area contributed by atoms with E-state index in [4.69, 9.17) is 9.15 Å². The molecular formula is C22H21N3O4. The van der Waals surface area contributed by atoms with Crippen LogP contribution in [-0.4, -0.2) is 28.6 Å². The first-order valence-electron chi connectivity index (χ1n) is 9.54. The van der Waals surface area contributed by atoms with E-state index in [0.717, 1.165) is 17.5 Å². The molecule has 0 N–H and O–H groups in total. The summed E-state index contributed by atoms with van der Waals surface area (Å²) in [6.07, 6.45) is 0.544. The van der Waals surface area contributed by atoms with E-state index in [-0.39, 0.29) is 11.8 Å². The number of rotatable bonds is 5. The van der Waals surface area contributed by atoms with Crippen molar-refractivity contribution < 1.29 is 18.7 Å². The van der Waals surface area contributed by atoms with E-state index in [1.54, 1.807) is 36.1 Å². The Kier molecular flexibility index (Phi) is 5.12.